The standard InChI is InChI=1S/C13H10BrF2NO/c14-9-3-1-6-12(17)8(9)7-18-13-10(15)4-2-5-11(13)16/h1-6H,7,17H2. The van der Waals surface area contributed by atoms with Gasteiger partial charge in [-0.15, -0.1) is 0 Å². The van der Waals surface area contributed by atoms with E-state index in [4.69, 9.17) is 10.5 Å². The van der Waals surface area contributed by atoms with E-state index in [0.29, 0.717) is 11.3 Å². The van der Waals surface area contributed by atoms with Gasteiger partial charge in [-0.1, -0.05) is 28.1 Å². The van der Waals surface area contributed by atoms with Gasteiger partial charge in [-0.3, -0.25) is 0 Å². The van der Waals surface area contributed by atoms with Gasteiger partial charge in [0.05, 0.1) is 0 Å². The summed E-state index contributed by atoms with van der Waals surface area (Å²) in [7, 11) is 0. The summed E-state index contributed by atoms with van der Waals surface area (Å²) >= 11 is 3.31. The van der Waals surface area contributed by atoms with Crippen LogP contribution in [0.25, 0.3) is 0 Å². The largest absolute Gasteiger partial charge is 0.483 e. The van der Waals surface area contributed by atoms with E-state index in [-0.39, 0.29) is 6.61 Å². The van der Waals surface area contributed by atoms with Crippen LogP contribution in [0.5, 0.6) is 5.75 Å². The minimum atomic E-state index is -0.736. The van der Waals surface area contributed by atoms with E-state index >= 15 is 0 Å². The highest BCUT2D eigenvalue weighted by atomic mass is 79.9. The smallest absolute Gasteiger partial charge is 0.191 e. The van der Waals surface area contributed by atoms with Crippen molar-refractivity contribution in [3.63, 3.8) is 0 Å². The first-order valence-corrected chi connectivity index (χ1v) is 5.98. The molecule has 2 nitrogen and oxygen atoms in total. The lowest BCUT2D eigenvalue weighted by molar-refractivity contribution is 0.274. The van der Waals surface area contributed by atoms with Crippen molar-refractivity contribution in [2.75, 3.05) is 5.73 Å². The van der Waals surface area contributed by atoms with Crippen LogP contribution in [-0.4, -0.2) is 0 Å². The second-order valence-corrected chi connectivity index (χ2v) is 4.50. The van der Waals surface area contributed by atoms with Crippen LogP contribution >= 0.6 is 15.9 Å². The molecular formula is C13H10BrF2NO. The molecule has 0 aliphatic rings. The van der Waals surface area contributed by atoms with Crippen molar-refractivity contribution < 1.29 is 13.5 Å². The van der Waals surface area contributed by atoms with Crippen molar-refractivity contribution in [2.24, 2.45) is 0 Å². The Balaban J connectivity index is 2.22. The number of anilines is 1. The molecule has 0 heterocycles. The van der Waals surface area contributed by atoms with Gasteiger partial charge in [-0.2, -0.15) is 0 Å². The van der Waals surface area contributed by atoms with Gasteiger partial charge in [0, 0.05) is 15.7 Å². The number of hydrogen-bond acceptors (Lipinski definition) is 2. The van der Waals surface area contributed by atoms with Crippen molar-refractivity contribution in [1.29, 1.82) is 0 Å². The van der Waals surface area contributed by atoms with Crippen molar-refractivity contribution >= 4 is 21.6 Å². The summed E-state index contributed by atoms with van der Waals surface area (Å²) in [5.41, 5.74) is 6.92. The molecule has 18 heavy (non-hydrogen) atoms. The fourth-order valence-corrected chi connectivity index (χ4v) is 1.99. The molecular weight excluding hydrogens is 304 g/mol. The summed E-state index contributed by atoms with van der Waals surface area (Å²) < 4.78 is 32.6. The average Bonchev–Trinajstić information content (AvgIpc) is 2.31. The molecule has 2 N–H and O–H groups in total. The number of nitrogens with two attached hydrogens (primary N) is 1. The molecule has 0 atom stereocenters. The Labute approximate surface area is 112 Å². The SMILES string of the molecule is Nc1cccc(Br)c1COc1c(F)cccc1F. The van der Waals surface area contributed by atoms with Crippen molar-refractivity contribution in [1.82, 2.24) is 0 Å². The normalized spacial score (nSPS) is 10.4. The molecule has 5 heteroatoms. The number of nitrogen functional groups attached to an aromatic ring is 1. The zero-order valence-electron chi connectivity index (χ0n) is 9.29. The van der Waals surface area contributed by atoms with E-state index in [1.54, 1.807) is 18.2 Å². The minimum absolute atomic E-state index is 0.00882. The molecule has 0 unspecified atom stereocenters. The van der Waals surface area contributed by atoms with E-state index in [0.717, 1.165) is 16.6 Å². The van der Waals surface area contributed by atoms with E-state index in [1.807, 2.05) is 0 Å². The van der Waals surface area contributed by atoms with Gasteiger partial charge in [-0.25, -0.2) is 8.78 Å². The molecule has 0 aliphatic heterocycles. The molecule has 94 valence electrons. The molecule has 2 aromatic rings. The predicted octanol–water partition coefficient (Wildman–Crippen LogP) is 3.89. The maximum absolute atomic E-state index is 13.3. The third kappa shape index (κ3) is 2.61. The lowest BCUT2D eigenvalue weighted by Crippen LogP contribution is -2.03. The number of hydrogen-bond donors (Lipinski definition) is 1. The molecule has 2 rings (SSSR count). The first-order valence-electron chi connectivity index (χ1n) is 5.19. The van der Waals surface area contributed by atoms with E-state index < -0.39 is 17.4 Å². The molecule has 2 aromatic carbocycles. The molecule has 0 aliphatic carbocycles. The van der Waals surface area contributed by atoms with E-state index in [9.17, 15) is 8.78 Å². The summed E-state index contributed by atoms with van der Waals surface area (Å²) in [6.45, 7) is -0.00882. The molecule has 0 amide bonds. The summed E-state index contributed by atoms with van der Waals surface area (Å²) in [5, 5.41) is 0. The predicted molar refractivity (Wildman–Crippen MR) is 69.2 cm³/mol. The van der Waals surface area contributed by atoms with Crippen LogP contribution < -0.4 is 10.5 Å². The zero-order valence-corrected chi connectivity index (χ0v) is 10.9. The van der Waals surface area contributed by atoms with Crippen LogP contribution in [-0.2, 0) is 6.61 Å². The third-order valence-electron chi connectivity index (χ3n) is 2.43. The van der Waals surface area contributed by atoms with Crippen LogP contribution in [0.15, 0.2) is 40.9 Å². The molecule has 0 radical (unpaired) electrons. The van der Waals surface area contributed by atoms with Crippen LogP contribution in [0.4, 0.5) is 14.5 Å². The lowest BCUT2D eigenvalue weighted by Gasteiger charge is -2.11. The summed E-state index contributed by atoms with van der Waals surface area (Å²) in [4.78, 5) is 0. The third-order valence-corrected chi connectivity index (χ3v) is 3.18. The lowest BCUT2D eigenvalue weighted by atomic mass is 10.2. The van der Waals surface area contributed by atoms with E-state index in [1.165, 1.54) is 6.07 Å². The first-order chi connectivity index (χ1) is 8.59. The van der Waals surface area contributed by atoms with Crippen molar-refractivity contribution in [3.05, 3.63) is 58.1 Å². The zero-order chi connectivity index (χ0) is 13.1. The molecule has 0 saturated carbocycles. The Morgan fingerprint density at radius 2 is 1.67 bits per heavy atom. The molecule has 0 fully saturated rings. The summed E-state index contributed by atoms with van der Waals surface area (Å²) in [6, 6.07) is 8.81. The van der Waals surface area contributed by atoms with Crippen LogP contribution in [0.3, 0.4) is 0 Å². The first kappa shape index (κ1) is 12.8. The van der Waals surface area contributed by atoms with Gasteiger partial charge >= 0.3 is 0 Å². The van der Waals surface area contributed by atoms with Gasteiger partial charge in [-0.05, 0) is 24.3 Å². The van der Waals surface area contributed by atoms with Gasteiger partial charge in [0.1, 0.15) is 6.61 Å². The second kappa shape index (κ2) is 5.35. The van der Waals surface area contributed by atoms with Crippen LogP contribution in [0.2, 0.25) is 0 Å². The maximum Gasteiger partial charge on any atom is 0.191 e. The average molecular weight is 314 g/mol. The van der Waals surface area contributed by atoms with E-state index in [2.05, 4.69) is 15.9 Å². The maximum atomic E-state index is 13.3. The number of benzene rings is 2. The van der Waals surface area contributed by atoms with Crippen molar-refractivity contribution in [3.8, 4) is 5.75 Å². The highest BCUT2D eigenvalue weighted by Crippen LogP contribution is 2.26. The monoisotopic (exact) mass is 313 g/mol. The summed E-state index contributed by atoms with van der Waals surface area (Å²) in [5.74, 6) is -1.87. The Bertz CT molecular complexity index is 483. The Kier molecular flexibility index (Phi) is 3.81. The fourth-order valence-electron chi connectivity index (χ4n) is 1.49. The molecule has 0 spiro atoms. The van der Waals surface area contributed by atoms with Crippen LogP contribution in [0, 0.1) is 11.6 Å². The van der Waals surface area contributed by atoms with Gasteiger partial charge in [0.2, 0.25) is 0 Å². The molecule has 0 saturated heterocycles. The topological polar surface area (TPSA) is 35.2 Å². The number of ether oxygens (including phenoxy) is 1. The van der Waals surface area contributed by atoms with Gasteiger partial charge < -0.3 is 10.5 Å². The Morgan fingerprint density at radius 1 is 1.06 bits per heavy atom. The van der Waals surface area contributed by atoms with Gasteiger partial charge in [0.15, 0.2) is 17.4 Å². The minimum Gasteiger partial charge on any atom is -0.483 e. The Hall–Kier alpha value is -1.62. The molecule has 0 bridgehead atoms. The number of para-hydroxylation sites is 1. The molecule has 0 aromatic heterocycles. The fraction of sp³-hybridized carbons (Fsp3) is 0.0769. The highest BCUT2D eigenvalue weighted by Gasteiger charge is 2.11. The number of halogens is 3. The highest BCUT2D eigenvalue weighted by molar-refractivity contribution is 9.10. The summed E-state index contributed by atoms with van der Waals surface area (Å²) in [6.07, 6.45) is 0. The number of rotatable bonds is 3. The Morgan fingerprint density at radius 3 is 2.28 bits per heavy atom. The van der Waals surface area contributed by atoms with Crippen molar-refractivity contribution in [2.45, 2.75) is 6.61 Å². The van der Waals surface area contributed by atoms with Gasteiger partial charge in [0.25, 0.3) is 0 Å². The quantitative estimate of drug-likeness (QED) is 0.873. The van der Waals surface area contributed by atoms with Crippen LogP contribution in [0.1, 0.15) is 5.56 Å². The second-order valence-electron chi connectivity index (χ2n) is 3.65.